The van der Waals surface area contributed by atoms with E-state index in [4.69, 9.17) is 23.2 Å². The van der Waals surface area contributed by atoms with Gasteiger partial charge < -0.3 is 10.2 Å². The van der Waals surface area contributed by atoms with Crippen LogP contribution < -0.4 is 10.2 Å². The van der Waals surface area contributed by atoms with Gasteiger partial charge in [-0.25, -0.2) is 4.98 Å². The molecule has 1 fully saturated rings. The van der Waals surface area contributed by atoms with Crippen LogP contribution in [0.5, 0.6) is 0 Å². The van der Waals surface area contributed by atoms with Crippen LogP contribution in [0.3, 0.4) is 0 Å². The molecule has 1 unspecified atom stereocenters. The summed E-state index contributed by atoms with van der Waals surface area (Å²) in [5.41, 5.74) is 1.60. The number of amides is 2. The first-order valence-electron chi connectivity index (χ1n) is 7.47. The number of nitrogens with one attached hydrogen (secondary N) is 1. The van der Waals surface area contributed by atoms with Gasteiger partial charge in [-0.05, 0) is 35.9 Å². The number of hydrogen-bond acceptors (Lipinski definition) is 3. The first kappa shape index (κ1) is 16.7. The molecule has 1 aliphatic heterocycles. The molecule has 7 heteroatoms. The lowest BCUT2D eigenvalue weighted by atomic mass is 10.1. The molecule has 1 saturated heterocycles. The molecule has 1 aromatic carbocycles. The van der Waals surface area contributed by atoms with E-state index in [0.29, 0.717) is 23.3 Å². The van der Waals surface area contributed by atoms with E-state index in [9.17, 15) is 9.59 Å². The average molecular weight is 364 g/mol. The van der Waals surface area contributed by atoms with Crippen LogP contribution in [0.25, 0.3) is 0 Å². The second-order valence-electron chi connectivity index (χ2n) is 5.59. The normalized spacial score (nSPS) is 17.2. The first-order chi connectivity index (χ1) is 11.5. The zero-order chi connectivity index (χ0) is 17.1. The molecule has 1 N–H and O–H groups in total. The van der Waals surface area contributed by atoms with Crippen molar-refractivity contribution in [3.63, 3.8) is 0 Å². The summed E-state index contributed by atoms with van der Waals surface area (Å²) in [6.45, 7) is 0.722. The highest BCUT2D eigenvalue weighted by molar-refractivity contribution is 6.30. The van der Waals surface area contributed by atoms with Crippen molar-refractivity contribution in [1.29, 1.82) is 0 Å². The molecular formula is C17H15Cl2N3O2. The van der Waals surface area contributed by atoms with Gasteiger partial charge >= 0.3 is 0 Å². The van der Waals surface area contributed by atoms with E-state index in [1.165, 1.54) is 0 Å². The van der Waals surface area contributed by atoms with Crippen molar-refractivity contribution in [3.05, 3.63) is 58.3 Å². The molecule has 0 radical (unpaired) electrons. The third-order valence-electron chi connectivity index (χ3n) is 3.89. The van der Waals surface area contributed by atoms with Crippen molar-refractivity contribution in [2.24, 2.45) is 5.92 Å². The maximum absolute atomic E-state index is 12.3. The third-order valence-corrected chi connectivity index (χ3v) is 4.37. The Labute approximate surface area is 149 Å². The van der Waals surface area contributed by atoms with Crippen LogP contribution >= 0.6 is 23.2 Å². The van der Waals surface area contributed by atoms with Crippen LogP contribution in [0, 0.1) is 5.92 Å². The molecule has 1 atom stereocenters. The molecule has 1 aromatic heterocycles. The molecule has 2 amide bonds. The van der Waals surface area contributed by atoms with Crippen molar-refractivity contribution in [1.82, 2.24) is 10.3 Å². The third kappa shape index (κ3) is 3.86. The number of carbonyl (C=O) groups excluding carboxylic acids is 2. The Balaban J connectivity index is 1.59. The first-order valence-corrected chi connectivity index (χ1v) is 8.22. The van der Waals surface area contributed by atoms with Crippen LogP contribution in [0.15, 0.2) is 42.6 Å². The molecule has 2 aromatic rings. The summed E-state index contributed by atoms with van der Waals surface area (Å²) < 4.78 is 0. The van der Waals surface area contributed by atoms with Crippen molar-refractivity contribution >= 4 is 40.7 Å². The number of aromatic nitrogens is 1. The van der Waals surface area contributed by atoms with Gasteiger partial charge in [0, 0.05) is 36.4 Å². The fourth-order valence-electron chi connectivity index (χ4n) is 2.60. The number of carbonyl (C=O) groups is 2. The van der Waals surface area contributed by atoms with E-state index < -0.39 is 0 Å². The Hall–Kier alpha value is -2.11. The lowest BCUT2D eigenvalue weighted by Gasteiger charge is -2.16. The molecule has 0 saturated carbocycles. The Kier molecular flexibility index (Phi) is 5.02. The quantitative estimate of drug-likeness (QED) is 0.849. The highest BCUT2D eigenvalue weighted by Crippen LogP contribution is 2.26. The molecule has 0 bridgehead atoms. The maximum atomic E-state index is 12.3. The summed E-state index contributed by atoms with van der Waals surface area (Å²) in [6.07, 6.45) is 1.82. The summed E-state index contributed by atoms with van der Waals surface area (Å²) >= 11 is 11.6. The van der Waals surface area contributed by atoms with Crippen molar-refractivity contribution in [2.75, 3.05) is 11.4 Å². The Morgan fingerprint density at radius 3 is 2.62 bits per heavy atom. The van der Waals surface area contributed by atoms with Gasteiger partial charge in [-0.3, -0.25) is 9.59 Å². The Morgan fingerprint density at radius 1 is 1.21 bits per heavy atom. The van der Waals surface area contributed by atoms with Gasteiger partial charge in [-0.15, -0.1) is 0 Å². The van der Waals surface area contributed by atoms with Gasteiger partial charge in [0.2, 0.25) is 11.8 Å². The van der Waals surface area contributed by atoms with E-state index in [2.05, 4.69) is 10.3 Å². The predicted molar refractivity (Wildman–Crippen MR) is 93.0 cm³/mol. The van der Waals surface area contributed by atoms with Crippen LogP contribution in [-0.4, -0.2) is 23.3 Å². The molecule has 2 heterocycles. The molecule has 5 nitrogen and oxygen atoms in total. The summed E-state index contributed by atoms with van der Waals surface area (Å²) in [5, 5.41) is 3.86. The van der Waals surface area contributed by atoms with E-state index in [-0.39, 0.29) is 24.2 Å². The Morgan fingerprint density at radius 2 is 1.96 bits per heavy atom. The lowest BCUT2D eigenvalue weighted by Crippen LogP contribution is -2.32. The fraction of sp³-hybridized carbons (Fsp3) is 0.235. The lowest BCUT2D eigenvalue weighted by molar-refractivity contribution is -0.126. The molecule has 124 valence electrons. The second-order valence-corrected chi connectivity index (χ2v) is 6.41. The minimum atomic E-state index is -0.367. The number of benzene rings is 1. The predicted octanol–water partition coefficient (Wildman–Crippen LogP) is 3.06. The molecule has 3 rings (SSSR count). The molecule has 0 aliphatic carbocycles. The van der Waals surface area contributed by atoms with Crippen LogP contribution in [0.2, 0.25) is 10.2 Å². The molecule has 1 aliphatic rings. The van der Waals surface area contributed by atoms with Crippen LogP contribution in [-0.2, 0) is 16.1 Å². The topological polar surface area (TPSA) is 62.3 Å². The standard InChI is InChI=1S/C17H15Cl2N3O2/c18-13-2-4-14(5-3-13)22-10-12(7-16(22)23)17(24)21-9-11-1-6-15(19)20-8-11/h1-6,8,12H,7,9-10H2,(H,21,24). The summed E-state index contributed by atoms with van der Waals surface area (Å²) in [5.74, 6) is -0.575. The summed E-state index contributed by atoms with van der Waals surface area (Å²) in [4.78, 5) is 30.1. The van der Waals surface area contributed by atoms with E-state index in [1.54, 1.807) is 47.5 Å². The monoisotopic (exact) mass is 363 g/mol. The van der Waals surface area contributed by atoms with Gasteiger partial charge in [-0.2, -0.15) is 0 Å². The second kappa shape index (κ2) is 7.20. The Bertz CT molecular complexity index is 747. The van der Waals surface area contributed by atoms with Crippen molar-refractivity contribution in [3.8, 4) is 0 Å². The largest absolute Gasteiger partial charge is 0.352 e. The SMILES string of the molecule is O=C(NCc1ccc(Cl)nc1)C1CC(=O)N(c2ccc(Cl)cc2)C1. The van der Waals surface area contributed by atoms with Gasteiger partial charge in [0.1, 0.15) is 5.15 Å². The van der Waals surface area contributed by atoms with Crippen LogP contribution in [0.4, 0.5) is 5.69 Å². The van der Waals surface area contributed by atoms with Crippen molar-refractivity contribution < 1.29 is 9.59 Å². The van der Waals surface area contributed by atoms with E-state index in [0.717, 1.165) is 11.3 Å². The maximum Gasteiger partial charge on any atom is 0.227 e. The van der Waals surface area contributed by atoms with Gasteiger partial charge in [0.05, 0.1) is 5.92 Å². The van der Waals surface area contributed by atoms with E-state index >= 15 is 0 Å². The van der Waals surface area contributed by atoms with Crippen LogP contribution in [0.1, 0.15) is 12.0 Å². The average Bonchev–Trinajstić information content (AvgIpc) is 2.97. The number of halogens is 2. The number of anilines is 1. The number of pyridine rings is 1. The molecule has 24 heavy (non-hydrogen) atoms. The van der Waals surface area contributed by atoms with Gasteiger partial charge in [0.25, 0.3) is 0 Å². The number of hydrogen-bond donors (Lipinski definition) is 1. The fourth-order valence-corrected chi connectivity index (χ4v) is 2.84. The number of rotatable bonds is 4. The smallest absolute Gasteiger partial charge is 0.227 e. The summed E-state index contributed by atoms with van der Waals surface area (Å²) in [6, 6.07) is 10.5. The van der Waals surface area contributed by atoms with Crippen molar-refractivity contribution in [2.45, 2.75) is 13.0 Å². The van der Waals surface area contributed by atoms with E-state index in [1.807, 2.05) is 0 Å². The van der Waals surface area contributed by atoms with Gasteiger partial charge in [-0.1, -0.05) is 29.3 Å². The zero-order valence-corrected chi connectivity index (χ0v) is 14.2. The minimum absolute atomic E-state index is 0.0642. The highest BCUT2D eigenvalue weighted by atomic mass is 35.5. The van der Waals surface area contributed by atoms with Gasteiger partial charge in [0.15, 0.2) is 0 Å². The minimum Gasteiger partial charge on any atom is -0.352 e. The zero-order valence-electron chi connectivity index (χ0n) is 12.7. The summed E-state index contributed by atoms with van der Waals surface area (Å²) in [7, 11) is 0. The highest BCUT2D eigenvalue weighted by Gasteiger charge is 2.34. The number of nitrogens with zero attached hydrogens (tertiary/aromatic N) is 2. The molecule has 0 spiro atoms. The molecular weight excluding hydrogens is 349 g/mol.